The first kappa shape index (κ1) is 26.5. The number of hydrogen-bond donors (Lipinski definition) is 1. The molecule has 0 aliphatic carbocycles. The normalized spacial score (nSPS) is 11.7. The average molecular weight is 588 g/mol. The van der Waals surface area contributed by atoms with Gasteiger partial charge in [-0.1, -0.05) is 12.1 Å². The summed E-state index contributed by atoms with van der Waals surface area (Å²) in [5.41, 5.74) is 3.72. The van der Waals surface area contributed by atoms with E-state index < -0.39 is 21.7 Å². The average Bonchev–Trinajstić information content (AvgIpc) is 3.57. The van der Waals surface area contributed by atoms with Crippen molar-refractivity contribution in [3.63, 3.8) is 0 Å². The zero-order chi connectivity index (χ0) is 28.9. The molecule has 0 aliphatic heterocycles. The quantitative estimate of drug-likeness (QED) is 0.264. The van der Waals surface area contributed by atoms with E-state index in [9.17, 15) is 17.6 Å². The summed E-state index contributed by atoms with van der Waals surface area (Å²) >= 11 is 1.47. The molecule has 3 heterocycles. The zero-order valence-electron chi connectivity index (χ0n) is 22.0. The molecule has 9 nitrogen and oxygen atoms in total. The Bertz CT molecular complexity index is 2040. The zero-order valence-corrected chi connectivity index (χ0v) is 23.7. The Balaban J connectivity index is 1.61. The van der Waals surface area contributed by atoms with Gasteiger partial charge in [-0.3, -0.25) is 9.10 Å². The monoisotopic (exact) mass is 587 g/mol. The number of rotatable bonds is 6. The third-order valence-corrected chi connectivity index (χ3v) is 8.93. The number of furan rings is 1. The van der Waals surface area contributed by atoms with Crippen LogP contribution in [0.2, 0.25) is 0 Å². The molecule has 0 saturated heterocycles. The van der Waals surface area contributed by atoms with Crippen molar-refractivity contribution in [1.82, 2.24) is 20.5 Å². The van der Waals surface area contributed by atoms with Gasteiger partial charge in [0.05, 0.1) is 33.9 Å². The third kappa shape index (κ3) is 4.81. The van der Waals surface area contributed by atoms with Crippen LogP contribution in [0.25, 0.3) is 54.3 Å². The van der Waals surface area contributed by atoms with Crippen LogP contribution < -0.4 is 9.62 Å². The summed E-state index contributed by atoms with van der Waals surface area (Å²) in [6, 6.07) is 18.4. The van der Waals surface area contributed by atoms with Gasteiger partial charge in [0.15, 0.2) is 0 Å². The maximum absolute atomic E-state index is 13.7. The Morgan fingerprint density at radius 3 is 2.51 bits per heavy atom. The number of amides is 1. The SMILES string of the molecule is CNC(=O)c1c(-c2ccc(F)cc2)oc2cc(N(C)S(C)(=O)=O)c(-c3cnnc(-c4nc5ccccc5s4)c3)cc12. The van der Waals surface area contributed by atoms with Crippen molar-refractivity contribution in [3.05, 3.63) is 84.3 Å². The lowest BCUT2D eigenvalue weighted by Gasteiger charge is -2.20. The molecular weight excluding hydrogens is 565 g/mol. The van der Waals surface area contributed by atoms with Crippen LogP contribution in [0.5, 0.6) is 0 Å². The molecule has 0 spiro atoms. The van der Waals surface area contributed by atoms with E-state index in [-0.39, 0.29) is 16.9 Å². The Morgan fingerprint density at radius 2 is 1.80 bits per heavy atom. The van der Waals surface area contributed by atoms with Gasteiger partial charge in [0.25, 0.3) is 5.91 Å². The second-order valence-corrected chi connectivity index (χ2v) is 12.3. The highest BCUT2D eigenvalue weighted by molar-refractivity contribution is 7.92. The molecule has 0 aliphatic rings. The molecule has 3 aromatic carbocycles. The van der Waals surface area contributed by atoms with Crippen LogP contribution in [0.4, 0.5) is 10.1 Å². The summed E-state index contributed by atoms with van der Waals surface area (Å²) < 4.78 is 47.3. The molecule has 0 unspecified atom stereocenters. The van der Waals surface area contributed by atoms with Gasteiger partial charge in [0.2, 0.25) is 10.0 Å². The largest absolute Gasteiger partial charge is 0.455 e. The van der Waals surface area contributed by atoms with Crippen LogP contribution in [-0.2, 0) is 10.0 Å². The molecule has 0 fully saturated rings. The molecule has 0 bridgehead atoms. The summed E-state index contributed by atoms with van der Waals surface area (Å²) in [4.78, 5) is 17.8. The van der Waals surface area contributed by atoms with Crippen LogP contribution >= 0.6 is 11.3 Å². The summed E-state index contributed by atoms with van der Waals surface area (Å²) in [6.45, 7) is 0. The van der Waals surface area contributed by atoms with E-state index in [1.54, 1.807) is 18.2 Å². The van der Waals surface area contributed by atoms with Gasteiger partial charge in [0.1, 0.15) is 27.9 Å². The number of nitrogens with one attached hydrogen (secondary N) is 1. The number of nitrogens with zero attached hydrogens (tertiary/aromatic N) is 4. The predicted molar refractivity (Wildman–Crippen MR) is 158 cm³/mol. The Kier molecular flexibility index (Phi) is 6.51. The molecule has 1 amide bonds. The van der Waals surface area contributed by atoms with Crippen molar-refractivity contribution in [2.45, 2.75) is 0 Å². The molecule has 0 radical (unpaired) electrons. The summed E-state index contributed by atoms with van der Waals surface area (Å²) in [5.74, 6) is -0.617. The highest BCUT2D eigenvalue weighted by Crippen LogP contribution is 2.42. The van der Waals surface area contributed by atoms with E-state index in [0.29, 0.717) is 38.5 Å². The first-order chi connectivity index (χ1) is 19.6. The van der Waals surface area contributed by atoms with E-state index in [2.05, 4.69) is 20.5 Å². The number of fused-ring (bicyclic) bond motifs is 2. The Labute approximate surface area is 238 Å². The Morgan fingerprint density at radius 1 is 1.05 bits per heavy atom. The molecule has 6 aromatic rings. The van der Waals surface area contributed by atoms with Crippen molar-refractivity contribution < 1.29 is 22.0 Å². The van der Waals surface area contributed by atoms with Gasteiger partial charge in [-0.05, 0) is 48.5 Å². The molecule has 3 aromatic heterocycles. The number of hydrogen-bond acceptors (Lipinski definition) is 8. The van der Waals surface area contributed by atoms with E-state index in [4.69, 9.17) is 4.42 Å². The van der Waals surface area contributed by atoms with Crippen LogP contribution in [0.15, 0.2) is 77.3 Å². The number of halogens is 1. The molecule has 0 saturated carbocycles. The highest BCUT2D eigenvalue weighted by atomic mass is 32.2. The third-order valence-electron chi connectivity index (χ3n) is 6.68. The second-order valence-electron chi connectivity index (χ2n) is 9.30. The number of para-hydroxylation sites is 1. The van der Waals surface area contributed by atoms with Crippen LogP contribution in [0.3, 0.4) is 0 Å². The number of carbonyl (C=O) groups is 1. The number of anilines is 1. The molecule has 41 heavy (non-hydrogen) atoms. The molecule has 12 heteroatoms. The first-order valence-electron chi connectivity index (χ1n) is 12.4. The van der Waals surface area contributed by atoms with Gasteiger partial charge in [-0.15, -0.1) is 16.4 Å². The minimum Gasteiger partial charge on any atom is -0.455 e. The number of benzene rings is 3. The van der Waals surface area contributed by atoms with Crippen molar-refractivity contribution in [3.8, 4) is 33.2 Å². The topological polar surface area (TPSA) is 118 Å². The minimum atomic E-state index is -3.69. The smallest absolute Gasteiger partial charge is 0.255 e. The first-order valence-corrected chi connectivity index (χ1v) is 15.0. The van der Waals surface area contributed by atoms with Crippen molar-refractivity contribution in [2.75, 3.05) is 24.7 Å². The van der Waals surface area contributed by atoms with Crippen molar-refractivity contribution >= 4 is 54.1 Å². The van der Waals surface area contributed by atoms with Gasteiger partial charge in [-0.25, -0.2) is 17.8 Å². The lowest BCUT2D eigenvalue weighted by molar-refractivity contribution is 0.0964. The summed E-state index contributed by atoms with van der Waals surface area (Å²) in [5, 5.41) is 12.2. The van der Waals surface area contributed by atoms with Crippen LogP contribution in [-0.4, -0.2) is 49.9 Å². The summed E-state index contributed by atoms with van der Waals surface area (Å²) in [6.07, 6.45) is 2.62. The van der Waals surface area contributed by atoms with Gasteiger partial charge in [-0.2, -0.15) is 5.10 Å². The minimum absolute atomic E-state index is 0.229. The molecule has 6 rings (SSSR count). The fourth-order valence-corrected chi connectivity index (χ4v) is 5.99. The van der Waals surface area contributed by atoms with E-state index in [1.165, 1.54) is 55.9 Å². The number of thiazole rings is 1. The lowest BCUT2D eigenvalue weighted by atomic mass is 9.99. The molecule has 1 N–H and O–H groups in total. The number of sulfonamides is 1. The van der Waals surface area contributed by atoms with Crippen molar-refractivity contribution in [1.29, 1.82) is 0 Å². The van der Waals surface area contributed by atoms with Crippen molar-refractivity contribution in [2.24, 2.45) is 0 Å². The molecular formula is C29H22FN5O4S2. The number of aromatic nitrogens is 3. The highest BCUT2D eigenvalue weighted by Gasteiger charge is 2.26. The molecule has 206 valence electrons. The van der Waals surface area contributed by atoms with Crippen LogP contribution in [0.1, 0.15) is 10.4 Å². The number of carbonyl (C=O) groups excluding carboxylic acids is 1. The van der Waals surface area contributed by atoms with Gasteiger partial charge in [0, 0.05) is 42.2 Å². The van der Waals surface area contributed by atoms with Gasteiger partial charge >= 0.3 is 0 Å². The lowest BCUT2D eigenvalue weighted by Crippen LogP contribution is -2.25. The summed E-state index contributed by atoms with van der Waals surface area (Å²) in [7, 11) is -0.755. The maximum atomic E-state index is 13.7. The fraction of sp³-hybridized carbons (Fsp3) is 0.103. The standard InChI is InChI=1S/C29H22FN5O4S2/c1-31-28(36)26-20-13-19(17-12-22(34-32-15-17)29-33-21-6-4-5-7-25(21)40-29)23(35(2)41(3,37)38)14-24(20)39-27(26)16-8-10-18(30)11-9-16/h4-15H,1-3H3,(H,31,36). The predicted octanol–water partition coefficient (Wildman–Crippen LogP) is 5.73. The van der Waals surface area contributed by atoms with E-state index in [0.717, 1.165) is 20.8 Å². The maximum Gasteiger partial charge on any atom is 0.255 e. The fourth-order valence-electron chi connectivity index (χ4n) is 4.56. The van der Waals surface area contributed by atoms with E-state index in [1.807, 2.05) is 24.3 Å². The van der Waals surface area contributed by atoms with Gasteiger partial charge < -0.3 is 9.73 Å². The van der Waals surface area contributed by atoms with E-state index >= 15 is 0 Å². The Hall–Kier alpha value is -4.68. The van der Waals surface area contributed by atoms with Crippen LogP contribution in [0, 0.1) is 5.82 Å². The second kappa shape index (κ2) is 10.1. The molecule has 0 atom stereocenters.